The first-order valence-electron chi connectivity index (χ1n) is 6.24. The zero-order valence-corrected chi connectivity index (χ0v) is 13.8. The van der Waals surface area contributed by atoms with Crippen molar-refractivity contribution in [2.75, 3.05) is 19.1 Å². The Morgan fingerprint density at radius 3 is 2.67 bits per heavy atom. The monoisotopic (exact) mass is 333 g/mol. The van der Waals surface area contributed by atoms with Crippen LogP contribution in [0.5, 0.6) is 5.75 Å². The second-order valence-electron chi connectivity index (χ2n) is 4.47. The van der Waals surface area contributed by atoms with Gasteiger partial charge in [-0.3, -0.25) is 0 Å². The van der Waals surface area contributed by atoms with Crippen molar-refractivity contribution < 1.29 is 23.1 Å². The van der Waals surface area contributed by atoms with Gasteiger partial charge in [0.05, 0.1) is 12.7 Å². The van der Waals surface area contributed by atoms with Crippen LogP contribution in [0.15, 0.2) is 23.1 Å². The third-order valence-corrected chi connectivity index (χ3v) is 5.08. The zero-order chi connectivity index (χ0) is 16.0. The van der Waals surface area contributed by atoms with E-state index in [1.165, 1.54) is 25.3 Å². The van der Waals surface area contributed by atoms with Gasteiger partial charge in [0.2, 0.25) is 10.0 Å². The van der Waals surface area contributed by atoms with E-state index in [2.05, 4.69) is 4.72 Å². The van der Waals surface area contributed by atoms with Crippen molar-refractivity contribution in [1.29, 1.82) is 0 Å². The zero-order valence-electron chi connectivity index (χ0n) is 12.1. The van der Waals surface area contributed by atoms with Gasteiger partial charge in [0.15, 0.2) is 0 Å². The molecule has 0 bridgehead atoms. The van der Waals surface area contributed by atoms with Gasteiger partial charge in [-0.1, -0.05) is 0 Å². The van der Waals surface area contributed by atoms with E-state index in [4.69, 9.17) is 9.84 Å². The third kappa shape index (κ3) is 4.90. The van der Waals surface area contributed by atoms with Crippen molar-refractivity contribution in [3.63, 3.8) is 0 Å². The summed E-state index contributed by atoms with van der Waals surface area (Å²) in [6.45, 7) is 1.78. The van der Waals surface area contributed by atoms with Gasteiger partial charge in [0.25, 0.3) is 0 Å². The summed E-state index contributed by atoms with van der Waals surface area (Å²) in [6.07, 6.45) is 2.66. The second-order valence-corrected chi connectivity index (χ2v) is 7.14. The standard InChI is InChI=1S/C13H19NO5S2/c1-9(6-7-20-3)14-21(17,18)12-5-4-10(13(15)16)8-11(12)19-2/h4-5,8-9,14H,6-7H2,1-3H3,(H,15,16). The Labute approximate surface area is 128 Å². The molecule has 21 heavy (non-hydrogen) atoms. The minimum absolute atomic E-state index is 0.0134. The van der Waals surface area contributed by atoms with Crippen molar-refractivity contribution in [3.05, 3.63) is 23.8 Å². The summed E-state index contributed by atoms with van der Waals surface area (Å²) in [5.74, 6) is -0.281. The minimum atomic E-state index is -3.75. The molecule has 0 aliphatic rings. The van der Waals surface area contributed by atoms with E-state index in [-0.39, 0.29) is 22.3 Å². The minimum Gasteiger partial charge on any atom is -0.495 e. The molecule has 1 rings (SSSR count). The molecule has 0 spiro atoms. The van der Waals surface area contributed by atoms with Crippen LogP contribution in [0.4, 0.5) is 0 Å². The van der Waals surface area contributed by atoms with E-state index in [0.717, 1.165) is 5.75 Å². The number of benzene rings is 1. The molecular formula is C13H19NO5S2. The average Bonchev–Trinajstić information content (AvgIpc) is 2.43. The molecule has 1 aromatic carbocycles. The van der Waals surface area contributed by atoms with Gasteiger partial charge >= 0.3 is 5.97 Å². The Kier molecular flexibility index (Phi) is 6.50. The van der Waals surface area contributed by atoms with E-state index in [9.17, 15) is 13.2 Å². The summed E-state index contributed by atoms with van der Waals surface area (Å²) in [4.78, 5) is 10.8. The normalized spacial score (nSPS) is 12.9. The molecule has 1 aromatic rings. The maximum atomic E-state index is 12.3. The Balaban J connectivity index is 3.05. The number of nitrogens with one attached hydrogen (secondary N) is 1. The first kappa shape index (κ1) is 17.8. The van der Waals surface area contributed by atoms with E-state index in [1.807, 2.05) is 6.26 Å². The van der Waals surface area contributed by atoms with Crippen LogP contribution < -0.4 is 9.46 Å². The lowest BCUT2D eigenvalue weighted by atomic mass is 10.2. The highest BCUT2D eigenvalue weighted by Gasteiger charge is 2.22. The molecule has 118 valence electrons. The quantitative estimate of drug-likeness (QED) is 0.754. The first-order chi connectivity index (χ1) is 9.81. The molecule has 0 radical (unpaired) electrons. The predicted octanol–water partition coefficient (Wildman–Crippen LogP) is 1.81. The van der Waals surface area contributed by atoms with Crippen LogP contribution in [0, 0.1) is 0 Å². The van der Waals surface area contributed by atoms with Crippen molar-refractivity contribution >= 4 is 27.8 Å². The summed E-state index contributed by atoms with van der Waals surface area (Å²) in [6, 6.07) is 3.47. The van der Waals surface area contributed by atoms with Crippen molar-refractivity contribution in [1.82, 2.24) is 4.72 Å². The Morgan fingerprint density at radius 1 is 1.48 bits per heavy atom. The first-order valence-corrected chi connectivity index (χ1v) is 9.12. The molecule has 0 amide bonds. The Morgan fingerprint density at radius 2 is 2.14 bits per heavy atom. The molecule has 0 saturated carbocycles. The lowest BCUT2D eigenvalue weighted by Crippen LogP contribution is -2.33. The number of carboxylic acid groups (broad SMARTS) is 1. The van der Waals surface area contributed by atoms with Gasteiger partial charge in [0, 0.05) is 6.04 Å². The van der Waals surface area contributed by atoms with Gasteiger partial charge in [-0.2, -0.15) is 11.8 Å². The van der Waals surface area contributed by atoms with Gasteiger partial charge in [-0.05, 0) is 43.6 Å². The van der Waals surface area contributed by atoms with Crippen LogP contribution in [-0.2, 0) is 10.0 Å². The van der Waals surface area contributed by atoms with Crippen LogP contribution in [0.25, 0.3) is 0 Å². The smallest absolute Gasteiger partial charge is 0.335 e. The fourth-order valence-corrected chi connectivity index (χ4v) is 3.72. The molecule has 0 heterocycles. The molecule has 1 atom stereocenters. The predicted molar refractivity (Wildman–Crippen MR) is 82.7 cm³/mol. The van der Waals surface area contributed by atoms with Gasteiger partial charge in [-0.25, -0.2) is 17.9 Å². The van der Waals surface area contributed by atoms with Crippen molar-refractivity contribution in [2.24, 2.45) is 0 Å². The number of hydrogen-bond acceptors (Lipinski definition) is 5. The number of carbonyl (C=O) groups is 1. The molecule has 0 aliphatic heterocycles. The van der Waals surface area contributed by atoms with Gasteiger partial charge in [-0.15, -0.1) is 0 Å². The molecule has 0 fully saturated rings. The fourth-order valence-electron chi connectivity index (χ4n) is 1.70. The average molecular weight is 333 g/mol. The van der Waals surface area contributed by atoms with Gasteiger partial charge in [0.1, 0.15) is 10.6 Å². The molecule has 6 nitrogen and oxygen atoms in total. The SMILES string of the molecule is COc1cc(C(=O)O)ccc1S(=O)(=O)NC(C)CCSC. The highest BCUT2D eigenvalue weighted by molar-refractivity contribution is 7.98. The molecular weight excluding hydrogens is 314 g/mol. The molecule has 0 aromatic heterocycles. The summed E-state index contributed by atoms with van der Waals surface area (Å²) in [5.41, 5.74) is -0.0266. The summed E-state index contributed by atoms with van der Waals surface area (Å²) in [7, 11) is -2.45. The second kappa shape index (κ2) is 7.67. The number of carboxylic acids is 1. The van der Waals surface area contributed by atoms with Crippen LogP contribution in [0.3, 0.4) is 0 Å². The van der Waals surface area contributed by atoms with Crippen molar-refractivity contribution in [3.8, 4) is 5.75 Å². The van der Waals surface area contributed by atoms with Crippen molar-refractivity contribution in [2.45, 2.75) is 24.3 Å². The molecule has 0 aliphatic carbocycles. The lowest BCUT2D eigenvalue weighted by molar-refractivity contribution is 0.0696. The fraction of sp³-hybridized carbons (Fsp3) is 0.462. The lowest BCUT2D eigenvalue weighted by Gasteiger charge is -2.15. The highest BCUT2D eigenvalue weighted by Crippen LogP contribution is 2.25. The maximum absolute atomic E-state index is 12.3. The molecule has 1 unspecified atom stereocenters. The van der Waals surface area contributed by atoms with E-state index in [0.29, 0.717) is 6.42 Å². The summed E-state index contributed by atoms with van der Waals surface area (Å²) < 4.78 is 32.2. The molecule has 8 heteroatoms. The number of hydrogen-bond donors (Lipinski definition) is 2. The topological polar surface area (TPSA) is 92.7 Å². The molecule has 0 saturated heterocycles. The van der Waals surface area contributed by atoms with Crippen LogP contribution in [0.1, 0.15) is 23.7 Å². The van der Waals surface area contributed by atoms with Crippen LogP contribution >= 0.6 is 11.8 Å². The Bertz CT molecular complexity index is 601. The summed E-state index contributed by atoms with van der Waals surface area (Å²) >= 11 is 1.64. The third-order valence-electron chi connectivity index (χ3n) is 2.81. The summed E-state index contributed by atoms with van der Waals surface area (Å²) in [5, 5.41) is 8.92. The van der Waals surface area contributed by atoms with Crippen LogP contribution in [0.2, 0.25) is 0 Å². The maximum Gasteiger partial charge on any atom is 0.335 e. The Hall–Kier alpha value is -1.25. The number of aromatic carboxylic acids is 1. The largest absolute Gasteiger partial charge is 0.495 e. The van der Waals surface area contributed by atoms with E-state index < -0.39 is 16.0 Å². The van der Waals surface area contributed by atoms with Crippen LogP contribution in [-0.4, -0.2) is 44.7 Å². The number of sulfonamides is 1. The molecule has 2 N–H and O–H groups in total. The van der Waals surface area contributed by atoms with E-state index in [1.54, 1.807) is 18.7 Å². The number of rotatable bonds is 8. The number of thioether (sulfide) groups is 1. The van der Waals surface area contributed by atoms with Gasteiger partial charge < -0.3 is 9.84 Å². The highest BCUT2D eigenvalue weighted by atomic mass is 32.2. The number of ether oxygens (including phenoxy) is 1. The van der Waals surface area contributed by atoms with E-state index >= 15 is 0 Å². The number of methoxy groups -OCH3 is 1.